The first-order chi connectivity index (χ1) is 9.54. The van der Waals surface area contributed by atoms with Crippen molar-refractivity contribution in [3.05, 3.63) is 35.9 Å². The van der Waals surface area contributed by atoms with Gasteiger partial charge in [0.05, 0.1) is 20.3 Å². The second-order valence-electron chi connectivity index (χ2n) is 3.94. The number of primary amides is 1. The van der Waals surface area contributed by atoms with Gasteiger partial charge in [-0.25, -0.2) is 9.86 Å². The van der Waals surface area contributed by atoms with Gasteiger partial charge in [-0.05, 0) is 5.56 Å². The van der Waals surface area contributed by atoms with E-state index in [2.05, 4.69) is 0 Å². The molecule has 110 valence electrons. The van der Waals surface area contributed by atoms with Crippen LogP contribution in [0.15, 0.2) is 30.3 Å². The third kappa shape index (κ3) is 5.25. The molecule has 0 aliphatic rings. The number of benzene rings is 1. The quantitative estimate of drug-likeness (QED) is 0.743. The molecule has 0 saturated heterocycles. The van der Waals surface area contributed by atoms with Crippen molar-refractivity contribution in [2.75, 3.05) is 20.8 Å². The Balaban J connectivity index is 2.52. The van der Waals surface area contributed by atoms with E-state index in [0.29, 0.717) is 6.61 Å². The van der Waals surface area contributed by atoms with Crippen molar-refractivity contribution in [1.29, 1.82) is 0 Å². The maximum Gasteiger partial charge on any atom is 0.405 e. The van der Waals surface area contributed by atoms with Gasteiger partial charge in [-0.2, -0.15) is 0 Å². The van der Waals surface area contributed by atoms with Gasteiger partial charge in [0.1, 0.15) is 0 Å². The third-order valence-electron chi connectivity index (χ3n) is 2.50. The Morgan fingerprint density at radius 2 is 1.95 bits per heavy atom. The molecule has 0 aliphatic carbocycles. The van der Waals surface area contributed by atoms with Gasteiger partial charge in [-0.1, -0.05) is 30.3 Å². The van der Waals surface area contributed by atoms with Gasteiger partial charge in [0.2, 0.25) is 6.10 Å². The molecule has 0 aliphatic heterocycles. The number of likely N-dealkylation sites (N-methyl/N-ethyl adjacent to an activating group) is 1. The predicted octanol–water partition coefficient (Wildman–Crippen LogP) is 0.687. The maximum absolute atomic E-state index is 11.8. The van der Waals surface area contributed by atoms with Crippen LogP contribution in [0, 0.1) is 0 Å². The molecule has 2 N–H and O–H groups in total. The predicted molar refractivity (Wildman–Crippen MR) is 70.3 cm³/mol. The third-order valence-corrected chi connectivity index (χ3v) is 2.50. The second kappa shape index (κ2) is 8.13. The first-order valence-electron chi connectivity index (χ1n) is 5.94. The Morgan fingerprint density at radius 1 is 1.30 bits per heavy atom. The van der Waals surface area contributed by atoms with E-state index >= 15 is 0 Å². The Hall–Kier alpha value is -2.12. The van der Waals surface area contributed by atoms with Crippen LogP contribution in [-0.4, -0.2) is 43.9 Å². The minimum absolute atomic E-state index is 0.107. The summed E-state index contributed by atoms with van der Waals surface area (Å²) in [7, 11) is 2.72. The lowest BCUT2D eigenvalue weighted by atomic mass is 10.2. The molecule has 0 heterocycles. The topological polar surface area (TPSA) is 91.1 Å². The van der Waals surface area contributed by atoms with Crippen molar-refractivity contribution in [1.82, 2.24) is 5.06 Å². The highest BCUT2D eigenvalue weighted by molar-refractivity contribution is 5.82. The minimum Gasteiger partial charge on any atom is -0.434 e. The summed E-state index contributed by atoms with van der Waals surface area (Å²) in [6, 6.07) is 9.40. The van der Waals surface area contributed by atoms with Gasteiger partial charge < -0.3 is 15.2 Å². The van der Waals surface area contributed by atoms with E-state index < -0.39 is 18.1 Å². The van der Waals surface area contributed by atoms with Crippen LogP contribution in [0.25, 0.3) is 0 Å². The molecule has 7 heteroatoms. The van der Waals surface area contributed by atoms with Crippen LogP contribution in [0.2, 0.25) is 0 Å². The summed E-state index contributed by atoms with van der Waals surface area (Å²) in [5.74, 6) is -0.556. The molecule has 0 fully saturated rings. The Bertz CT molecular complexity index is 438. The number of nitrogens with two attached hydrogens (primary N) is 1. The number of ether oxygens (including phenoxy) is 2. The van der Waals surface area contributed by atoms with Crippen molar-refractivity contribution < 1.29 is 23.9 Å². The van der Waals surface area contributed by atoms with Crippen LogP contribution < -0.4 is 5.73 Å². The van der Waals surface area contributed by atoms with Gasteiger partial charge in [0.15, 0.2) is 0 Å². The average Bonchev–Trinajstić information content (AvgIpc) is 2.45. The van der Waals surface area contributed by atoms with E-state index in [-0.39, 0.29) is 6.61 Å². The summed E-state index contributed by atoms with van der Waals surface area (Å²) < 4.78 is 10.1. The van der Waals surface area contributed by atoms with E-state index in [1.165, 1.54) is 14.2 Å². The molecular formula is C13H18N2O5. The maximum atomic E-state index is 11.8. The molecule has 1 rings (SSSR count). The van der Waals surface area contributed by atoms with Crippen molar-refractivity contribution in [3.63, 3.8) is 0 Å². The first-order valence-corrected chi connectivity index (χ1v) is 5.94. The zero-order valence-electron chi connectivity index (χ0n) is 11.4. The van der Waals surface area contributed by atoms with Gasteiger partial charge >= 0.3 is 6.09 Å². The fourth-order valence-corrected chi connectivity index (χ4v) is 1.45. The number of carbonyl (C=O) groups excluding carboxylic acids is 2. The standard InChI is InChI=1S/C13H18N2O5/c1-15(18-2)12(16)11(20-13(14)17)9-19-8-10-6-4-3-5-7-10/h3-7,11H,8-9H2,1-2H3,(H2,14,17). The van der Waals surface area contributed by atoms with Gasteiger partial charge in [0.25, 0.3) is 5.91 Å². The number of hydrogen-bond donors (Lipinski definition) is 1. The number of amides is 2. The lowest BCUT2D eigenvalue weighted by molar-refractivity contribution is -0.180. The summed E-state index contributed by atoms with van der Waals surface area (Å²) in [6.45, 7) is 0.188. The van der Waals surface area contributed by atoms with E-state index in [1.807, 2.05) is 30.3 Å². The van der Waals surface area contributed by atoms with Crippen molar-refractivity contribution in [2.45, 2.75) is 12.7 Å². The molecule has 0 spiro atoms. The Morgan fingerprint density at radius 3 is 2.50 bits per heavy atom. The molecular weight excluding hydrogens is 264 g/mol. The summed E-state index contributed by atoms with van der Waals surface area (Å²) >= 11 is 0. The second-order valence-corrected chi connectivity index (χ2v) is 3.94. The molecule has 7 nitrogen and oxygen atoms in total. The summed E-state index contributed by atoms with van der Waals surface area (Å²) in [5, 5.41) is 0.944. The fourth-order valence-electron chi connectivity index (χ4n) is 1.45. The smallest absolute Gasteiger partial charge is 0.405 e. The minimum atomic E-state index is -1.14. The molecule has 0 bridgehead atoms. The molecule has 0 saturated carbocycles. The molecule has 20 heavy (non-hydrogen) atoms. The van der Waals surface area contributed by atoms with Crippen LogP contribution in [0.1, 0.15) is 5.56 Å². The molecule has 0 radical (unpaired) electrons. The lowest BCUT2D eigenvalue weighted by Gasteiger charge is -2.21. The highest BCUT2D eigenvalue weighted by atomic mass is 16.7. The van der Waals surface area contributed by atoms with E-state index in [1.54, 1.807) is 0 Å². The molecule has 0 aromatic heterocycles. The van der Waals surface area contributed by atoms with Crippen molar-refractivity contribution in [3.8, 4) is 0 Å². The van der Waals surface area contributed by atoms with E-state index in [9.17, 15) is 9.59 Å². The highest BCUT2D eigenvalue weighted by Crippen LogP contribution is 2.04. The van der Waals surface area contributed by atoms with E-state index in [4.69, 9.17) is 20.0 Å². The van der Waals surface area contributed by atoms with Crippen LogP contribution in [0.4, 0.5) is 4.79 Å². The summed E-state index contributed by atoms with van der Waals surface area (Å²) in [4.78, 5) is 27.4. The SMILES string of the molecule is CON(C)C(=O)C(COCc1ccccc1)OC(N)=O. The van der Waals surface area contributed by atoms with Crippen LogP contribution in [0.3, 0.4) is 0 Å². The van der Waals surface area contributed by atoms with Crippen LogP contribution in [-0.2, 0) is 25.7 Å². The number of hydrogen-bond acceptors (Lipinski definition) is 5. The Kier molecular flexibility index (Phi) is 6.48. The molecule has 1 aromatic carbocycles. The zero-order valence-corrected chi connectivity index (χ0v) is 11.4. The van der Waals surface area contributed by atoms with Crippen LogP contribution in [0.5, 0.6) is 0 Å². The van der Waals surface area contributed by atoms with Crippen molar-refractivity contribution in [2.24, 2.45) is 5.73 Å². The average molecular weight is 282 g/mol. The Labute approximate surface area is 117 Å². The van der Waals surface area contributed by atoms with Gasteiger partial charge in [0, 0.05) is 7.05 Å². The largest absolute Gasteiger partial charge is 0.434 e. The summed E-state index contributed by atoms with van der Waals surface area (Å²) in [6.07, 6.45) is -2.18. The fraction of sp³-hybridized carbons (Fsp3) is 0.385. The molecule has 1 unspecified atom stereocenters. The molecule has 2 amide bonds. The molecule has 1 atom stereocenters. The summed E-state index contributed by atoms with van der Waals surface area (Å²) in [5.41, 5.74) is 5.87. The monoisotopic (exact) mass is 282 g/mol. The van der Waals surface area contributed by atoms with Crippen molar-refractivity contribution >= 4 is 12.0 Å². The lowest BCUT2D eigenvalue weighted by Crippen LogP contribution is -2.42. The normalized spacial score (nSPS) is 11.7. The molecule has 1 aromatic rings. The number of hydroxylamine groups is 2. The van der Waals surface area contributed by atoms with Gasteiger partial charge in [-0.3, -0.25) is 9.63 Å². The highest BCUT2D eigenvalue weighted by Gasteiger charge is 2.26. The first kappa shape index (κ1) is 15.9. The van der Waals surface area contributed by atoms with Gasteiger partial charge in [-0.15, -0.1) is 0 Å². The van der Waals surface area contributed by atoms with Crippen LogP contribution >= 0.6 is 0 Å². The number of carbonyl (C=O) groups is 2. The number of nitrogens with zero attached hydrogens (tertiary/aromatic N) is 1. The van der Waals surface area contributed by atoms with E-state index in [0.717, 1.165) is 10.6 Å². The zero-order chi connectivity index (χ0) is 15.0. The number of rotatable bonds is 7.